The second kappa shape index (κ2) is 7.95. The van der Waals surface area contributed by atoms with Gasteiger partial charge in [-0.1, -0.05) is 56.1 Å². The molecule has 0 atom stereocenters. The first-order chi connectivity index (χ1) is 12.7. The Balaban J connectivity index is 1.44. The minimum atomic E-state index is 0.624. The smallest absolute Gasteiger partial charge is 0.219 e. The summed E-state index contributed by atoms with van der Waals surface area (Å²) in [5.74, 6) is 1.44. The van der Waals surface area contributed by atoms with E-state index in [4.69, 9.17) is 0 Å². The van der Waals surface area contributed by atoms with E-state index in [1.165, 1.54) is 21.6 Å². The van der Waals surface area contributed by atoms with Crippen molar-refractivity contribution in [2.45, 2.75) is 10.3 Å². The largest absolute Gasteiger partial charge is 0.258 e. The van der Waals surface area contributed by atoms with Gasteiger partial charge in [0.2, 0.25) is 10.3 Å². The second-order valence-electron chi connectivity index (χ2n) is 5.12. The van der Waals surface area contributed by atoms with Crippen LogP contribution < -0.4 is 0 Å². The van der Waals surface area contributed by atoms with Gasteiger partial charge in [-0.05, 0) is 45.9 Å². The van der Waals surface area contributed by atoms with Crippen molar-refractivity contribution in [1.82, 2.24) is 30.4 Å². The van der Waals surface area contributed by atoms with Crippen LogP contribution in [0.5, 0.6) is 0 Å². The minimum absolute atomic E-state index is 0.624. The third-order valence-corrected chi connectivity index (χ3v) is 6.19. The predicted octanol–water partition coefficient (Wildman–Crippen LogP) is 5.58. The molecule has 2 aromatic heterocycles. The highest BCUT2D eigenvalue weighted by Gasteiger charge is 2.11. The molecule has 0 unspecified atom stereocenters. The molecule has 0 radical (unpaired) electrons. The van der Waals surface area contributed by atoms with Crippen LogP contribution in [-0.4, -0.2) is 30.4 Å². The van der Waals surface area contributed by atoms with Crippen LogP contribution in [0.25, 0.3) is 22.8 Å². The summed E-state index contributed by atoms with van der Waals surface area (Å²) in [6.07, 6.45) is 0. The quantitative estimate of drug-likeness (QED) is 0.341. The summed E-state index contributed by atoms with van der Waals surface area (Å²) in [5.41, 5.74) is 1.94. The van der Waals surface area contributed by atoms with E-state index in [-0.39, 0.29) is 0 Å². The van der Waals surface area contributed by atoms with Gasteiger partial charge in [-0.25, -0.2) is 9.97 Å². The minimum Gasteiger partial charge on any atom is -0.258 e. The fourth-order valence-corrected chi connectivity index (χ4v) is 4.44. The lowest BCUT2D eigenvalue weighted by molar-refractivity contribution is 0.973. The molecule has 4 rings (SSSR count). The Kier molecular flexibility index (Phi) is 5.44. The van der Waals surface area contributed by atoms with E-state index in [0.717, 1.165) is 31.7 Å². The number of nitrogens with one attached hydrogen (secondary N) is 2. The molecule has 4 aromatic rings. The van der Waals surface area contributed by atoms with Crippen molar-refractivity contribution in [3.8, 4) is 22.8 Å². The Morgan fingerprint density at radius 1 is 0.692 bits per heavy atom. The fourth-order valence-electron chi connectivity index (χ4n) is 2.17. The summed E-state index contributed by atoms with van der Waals surface area (Å²) in [4.78, 5) is 8.99. The number of aromatic amines is 2. The standard InChI is InChI=1S/C16H10Br2N6S2/c17-11-5-1-3-9(7-11)13-19-15(23-21-13)25-26-16-20-14(22-24-16)10-4-2-6-12(18)8-10/h1-8H,(H,19,21,23)(H,20,22,24). The molecule has 0 saturated heterocycles. The molecular weight excluding hydrogens is 500 g/mol. The van der Waals surface area contributed by atoms with E-state index in [0.29, 0.717) is 10.3 Å². The van der Waals surface area contributed by atoms with Gasteiger partial charge in [0.1, 0.15) is 0 Å². The Labute approximate surface area is 173 Å². The van der Waals surface area contributed by atoms with Crippen molar-refractivity contribution in [1.29, 1.82) is 0 Å². The molecule has 0 aliphatic heterocycles. The van der Waals surface area contributed by atoms with Crippen LogP contribution in [0.2, 0.25) is 0 Å². The highest BCUT2D eigenvalue weighted by molar-refractivity contribution is 9.10. The van der Waals surface area contributed by atoms with Crippen LogP contribution in [0.1, 0.15) is 0 Å². The van der Waals surface area contributed by atoms with E-state index in [1.807, 2.05) is 48.5 Å². The van der Waals surface area contributed by atoms with Gasteiger partial charge >= 0.3 is 0 Å². The normalized spacial score (nSPS) is 11.0. The summed E-state index contributed by atoms with van der Waals surface area (Å²) in [7, 11) is 2.80. The number of aromatic nitrogens is 6. The number of hydrogen-bond acceptors (Lipinski definition) is 6. The Bertz CT molecular complexity index is 965. The van der Waals surface area contributed by atoms with Gasteiger partial charge in [-0.3, -0.25) is 10.2 Å². The molecule has 0 aliphatic carbocycles. The fraction of sp³-hybridized carbons (Fsp3) is 0. The van der Waals surface area contributed by atoms with Crippen molar-refractivity contribution < 1.29 is 0 Å². The van der Waals surface area contributed by atoms with Crippen molar-refractivity contribution in [2.24, 2.45) is 0 Å². The molecule has 10 heteroatoms. The topological polar surface area (TPSA) is 83.1 Å². The van der Waals surface area contributed by atoms with Crippen molar-refractivity contribution >= 4 is 53.4 Å². The molecule has 0 aliphatic rings. The Hall–Kier alpha value is -1.62. The number of H-pyrrole nitrogens is 2. The van der Waals surface area contributed by atoms with Gasteiger partial charge in [0.05, 0.1) is 0 Å². The third kappa shape index (κ3) is 4.20. The van der Waals surface area contributed by atoms with Crippen LogP contribution in [0.4, 0.5) is 0 Å². The van der Waals surface area contributed by atoms with Crippen LogP contribution in [-0.2, 0) is 0 Å². The van der Waals surface area contributed by atoms with Crippen LogP contribution in [0, 0.1) is 0 Å². The summed E-state index contributed by atoms with van der Waals surface area (Å²) >= 11 is 6.92. The summed E-state index contributed by atoms with van der Waals surface area (Å²) in [6.45, 7) is 0. The van der Waals surface area contributed by atoms with Crippen LogP contribution in [0.15, 0.2) is 67.8 Å². The summed E-state index contributed by atoms with van der Waals surface area (Å²) < 4.78 is 1.99. The van der Waals surface area contributed by atoms with Crippen molar-refractivity contribution in [2.75, 3.05) is 0 Å². The summed E-state index contributed by atoms with van der Waals surface area (Å²) in [6, 6.07) is 15.8. The number of hydrogen-bond donors (Lipinski definition) is 2. The Morgan fingerprint density at radius 3 is 1.58 bits per heavy atom. The van der Waals surface area contributed by atoms with E-state index in [1.54, 1.807) is 0 Å². The number of nitrogens with zero attached hydrogens (tertiary/aromatic N) is 4. The molecule has 2 aromatic carbocycles. The molecule has 0 fully saturated rings. The van der Waals surface area contributed by atoms with Gasteiger partial charge in [-0.15, -0.1) is 10.2 Å². The number of benzene rings is 2. The second-order valence-corrected chi connectivity index (χ2v) is 9.02. The average Bonchev–Trinajstić information content (AvgIpc) is 3.30. The van der Waals surface area contributed by atoms with Crippen LogP contribution in [0.3, 0.4) is 0 Å². The first-order valence-corrected chi connectivity index (χ1v) is 11.1. The van der Waals surface area contributed by atoms with E-state index < -0.39 is 0 Å². The number of rotatable bonds is 5. The molecule has 130 valence electrons. The highest BCUT2D eigenvalue weighted by Crippen LogP contribution is 2.35. The zero-order chi connectivity index (χ0) is 17.9. The monoisotopic (exact) mass is 508 g/mol. The molecule has 26 heavy (non-hydrogen) atoms. The third-order valence-electron chi connectivity index (χ3n) is 3.32. The molecule has 2 heterocycles. The van der Waals surface area contributed by atoms with E-state index in [9.17, 15) is 0 Å². The zero-order valence-electron chi connectivity index (χ0n) is 13.0. The maximum absolute atomic E-state index is 4.50. The molecule has 6 nitrogen and oxygen atoms in total. The Morgan fingerprint density at radius 2 is 1.15 bits per heavy atom. The van der Waals surface area contributed by atoms with Gasteiger partial charge in [0.15, 0.2) is 11.6 Å². The molecule has 0 spiro atoms. The van der Waals surface area contributed by atoms with Crippen molar-refractivity contribution in [3.63, 3.8) is 0 Å². The maximum Gasteiger partial charge on any atom is 0.219 e. The van der Waals surface area contributed by atoms with Gasteiger partial charge < -0.3 is 0 Å². The SMILES string of the molecule is Brc1cccc(-c2nc(SSc3n[nH]c(-c4cccc(Br)c4)n3)n[nH]2)c1. The van der Waals surface area contributed by atoms with Gasteiger partial charge in [0, 0.05) is 20.1 Å². The average molecular weight is 510 g/mol. The van der Waals surface area contributed by atoms with Crippen LogP contribution >= 0.6 is 53.4 Å². The molecule has 2 N–H and O–H groups in total. The molecule has 0 saturated carbocycles. The van der Waals surface area contributed by atoms with E-state index in [2.05, 4.69) is 62.2 Å². The summed E-state index contributed by atoms with van der Waals surface area (Å²) in [5, 5.41) is 15.6. The van der Waals surface area contributed by atoms with Gasteiger partial charge in [0.25, 0.3) is 0 Å². The first-order valence-electron chi connectivity index (χ1n) is 7.38. The lowest BCUT2D eigenvalue weighted by atomic mass is 10.2. The van der Waals surface area contributed by atoms with Crippen molar-refractivity contribution in [3.05, 3.63) is 57.5 Å². The lowest BCUT2D eigenvalue weighted by Gasteiger charge is -1.96. The maximum atomic E-state index is 4.50. The molecule has 0 amide bonds. The molecule has 0 bridgehead atoms. The molecular formula is C16H10Br2N6S2. The number of halogens is 2. The highest BCUT2D eigenvalue weighted by atomic mass is 79.9. The first kappa shape index (κ1) is 17.8. The lowest BCUT2D eigenvalue weighted by Crippen LogP contribution is -1.80. The predicted molar refractivity (Wildman–Crippen MR) is 111 cm³/mol. The zero-order valence-corrected chi connectivity index (χ0v) is 17.8. The van der Waals surface area contributed by atoms with Gasteiger partial charge in [-0.2, -0.15) is 0 Å². The van der Waals surface area contributed by atoms with E-state index >= 15 is 0 Å².